The first-order valence-electron chi connectivity index (χ1n) is 7.16. The molecule has 0 bridgehead atoms. The Labute approximate surface area is 111 Å². The Morgan fingerprint density at radius 3 is 2.83 bits per heavy atom. The van der Waals surface area contributed by atoms with Gasteiger partial charge in [-0.1, -0.05) is 12.1 Å². The van der Waals surface area contributed by atoms with Gasteiger partial charge in [0.2, 0.25) is 0 Å². The van der Waals surface area contributed by atoms with E-state index in [2.05, 4.69) is 49.2 Å². The van der Waals surface area contributed by atoms with Gasteiger partial charge in [0.15, 0.2) is 0 Å². The fourth-order valence-corrected chi connectivity index (χ4v) is 3.18. The number of aryl methyl sites for hydroxylation is 1. The molecule has 0 saturated heterocycles. The standard InChI is InChI=1S/C16H26N2/c1-12(2)18-14(8-6-10-17-4)11-15-13(3)7-5-9-16(15)18/h5,7,9,12,14,17H,6,8,10-11H2,1-4H3. The number of fused-ring (bicyclic) bond motifs is 1. The van der Waals surface area contributed by atoms with E-state index in [0.29, 0.717) is 12.1 Å². The van der Waals surface area contributed by atoms with Gasteiger partial charge in [-0.05, 0) is 70.8 Å². The predicted octanol–water partition coefficient (Wildman–Crippen LogP) is 3.13. The average Bonchev–Trinajstić information content (AvgIpc) is 2.69. The van der Waals surface area contributed by atoms with Crippen LogP contribution < -0.4 is 10.2 Å². The van der Waals surface area contributed by atoms with Crippen LogP contribution in [0.3, 0.4) is 0 Å². The number of hydrogen-bond donors (Lipinski definition) is 1. The molecule has 1 aliphatic rings. The summed E-state index contributed by atoms with van der Waals surface area (Å²) in [6, 6.07) is 8.01. The Kier molecular flexibility index (Phi) is 4.28. The summed E-state index contributed by atoms with van der Waals surface area (Å²) in [6.07, 6.45) is 3.77. The molecule has 1 aliphatic heterocycles. The van der Waals surface area contributed by atoms with Crippen LogP contribution in [-0.4, -0.2) is 25.7 Å². The number of benzene rings is 1. The molecule has 0 saturated carbocycles. The summed E-state index contributed by atoms with van der Waals surface area (Å²) in [6.45, 7) is 7.98. The second kappa shape index (κ2) is 5.75. The van der Waals surface area contributed by atoms with Gasteiger partial charge in [0.1, 0.15) is 0 Å². The highest BCUT2D eigenvalue weighted by Gasteiger charge is 2.31. The van der Waals surface area contributed by atoms with Crippen LogP contribution in [0.5, 0.6) is 0 Å². The SMILES string of the molecule is CNCCCC1Cc2c(C)cccc2N1C(C)C. The van der Waals surface area contributed by atoms with Gasteiger partial charge >= 0.3 is 0 Å². The quantitative estimate of drug-likeness (QED) is 0.803. The van der Waals surface area contributed by atoms with Crippen LogP contribution in [0.25, 0.3) is 0 Å². The van der Waals surface area contributed by atoms with Gasteiger partial charge in [-0.25, -0.2) is 0 Å². The van der Waals surface area contributed by atoms with Crippen LogP contribution in [-0.2, 0) is 6.42 Å². The van der Waals surface area contributed by atoms with E-state index in [1.54, 1.807) is 5.56 Å². The Morgan fingerprint density at radius 1 is 1.39 bits per heavy atom. The van der Waals surface area contributed by atoms with Crippen molar-refractivity contribution >= 4 is 5.69 Å². The molecule has 2 nitrogen and oxygen atoms in total. The summed E-state index contributed by atoms with van der Waals surface area (Å²) in [7, 11) is 2.04. The minimum absolute atomic E-state index is 0.590. The molecular weight excluding hydrogens is 220 g/mol. The molecule has 1 aromatic rings. The lowest BCUT2D eigenvalue weighted by Gasteiger charge is -2.31. The van der Waals surface area contributed by atoms with Gasteiger partial charge in [-0.3, -0.25) is 0 Å². The van der Waals surface area contributed by atoms with Gasteiger partial charge in [0.25, 0.3) is 0 Å². The highest BCUT2D eigenvalue weighted by molar-refractivity contribution is 5.62. The molecule has 1 N–H and O–H groups in total. The summed E-state index contributed by atoms with van der Waals surface area (Å²) in [5, 5.41) is 3.25. The minimum atomic E-state index is 0.590. The molecule has 1 heterocycles. The summed E-state index contributed by atoms with van der Waals surface area (Å²) in [5.74, 6) is 0. The molecule has 2 rings (SSSR count). The van der Waals surface area contributed by atoms with E-state index >= 15 is 0 Å². The van der Waals surface area contributed by atoms with E-state index < -0.39 is 0 Å². The van der Waals surface area contributed by atoms with Crippen LogP contribution in [0, 0.1) is 6.92 Å². The second-order valence-electron chi connectivity index (χ2n) is 5.68. The highest BCUT2D eigenvalue weighted by Crippen LogP contribution is 2.37. The highest BCUT2D eigenvalue weighted by atomic mass is 15.2. The number of nitrogens with zero attached hydrogens (tertiary/aromatic N) is 1. The second-order valence-corrected chi connectivity index (χ2v) is 5.68. The minimum Gasteiger partial charge on any atom is -0.366 e. The largest absolute Gasteiger partial charge is 0.366 e. The Hall–Kier alpha value is -1.02. The molecule has 0 aromatic heterocycles. The molecule has 2 heteroatoms. The molecule has 0 spiro atoms. The zero-order valence-corrected chi connectivity index (χ0v) is 12.2. The molecule has 0 radical (unpaired) electrons. The third-order valence-electron chi connectivity index (χ3n) is 4.02. The lowest BCUT2D eigenvalue weighted by Crippen LogP contribution is -2.38. The van der Waals surface area contributed by atoms with Gasteiger partial charge in [0, 0.05) is 17.8 Å². The van der Waals surface area contributed by atoms with Crippen molar-refractivity contribution in [2.75, 3.05) is 18.5 Å². The van der Waals surface area contributed by atoms with E-state index in [0.717, 1.165) is 6.54 Å². The maximum Gasteiger partial charge on any atom is 0.0407 e. The first-order valence-corrected chi connectivity index (χ1v) is 7.16. The van der Waals surface area contributed by atoms with E-state index in [-0.39, 0.29) is 0 Å². The smallest absolute Gasteiger partial charge is 0.0407 e. The molecule has 1 unspecified atom stereocenters. The van der Waals surface area contributed by atoms with Crippen LogP contribution in [0.15, 0.2) is 18.2 Å². The zero-order valence-electron chi connectivity index (χ0n) is 12.2. The van der Waals surface area contributed by atoms with Crippen molar-refractivity contribution in [1.29, 1.82) is 0 Å². The van der Waals surface area contributed by atoms with E-state index in [1.165, 1.54) is 30.5 Å². The first-order chi connectivity index (χ1) is 8.65. The fraction of sp³-hybridized carbons (Fsp3) is 0.625. The molecule has 0 amide bonds. The van der Waals surface area contributed by atoms with Crippen molar-refractivity contribution in [3.8, 4) is 0 Å². The van der Waals surface area contributed by atoms with Crippen molar-refractivity contribution in [1.82, 2.24) is 5.32 Å². The lowest BCUT2D eigenvalue weighted by molar-refractivity contribution is 0.512. The summed E-state index contributed by atoms with van der Waals surface area (Å²) < 4.78 is 0. The number of rotatable bonds is 5. The lowest BCUT2D eigenvalue weighted by atomic mass is 10.0. The molecular formula is C16H26N2. The molecule has 0 aliphatic carbocycles. The monoisotopic (exact) mass is 246 g/mol. The number of nitrogens with one attached hydrogen (secondary N) is 1. The molecule has 0 fully saturated rings. The van der Waals surface area contributed by atoms with E-state index in [1.807, 2.05) is 7.05 Å². The summed E-state index contributed by atoms with van der Waals surface area (Å²) >= 11 is 0. The average molecular weight is 246 g/mol. The van der Waals surface area contributed by atoms with Crippen molar-refractivity contribution in [2.24, 2.45) is 0 Å². The van der Waals surface area contributed by atoms with Crippen LogP contribution >= 0.6 is 0 Å². The molecule has 18 heavy (non-hydrogen) atoms. The van der Waals surface area contributed by atoms with Crippen LogP contribution in [0.2, 0.25) is 0 Å². The van der Waals surface area contributed by atoms with Crippen molar-refractivity contribution in [3.05, 3.63) is 29.3 Å². The van der Waals surface area contributed by atoms with E-state index in [4.69, 9.17) is 0 Å². The third-order valence-corrected chi connectivity index (χ3v) is 4.02. The Morgan fingerprint density at radius 2 is 2.17 bits per heavy atom. The normalized spacial score (nSPS) is 18.5. The molecule has 1 aromatic carbocycles. The maximum absolute atomic E-state index is 3.25. The van der Waals surface area contributed by atoms with Gasteiger partial charge in [-0.15, -0.1) is 0 Å². The van der Waals surface area contributed by atoms with Gasteiger partial charge in [-0.2, -0.15) is 0 Å². The van der Waals surface area contributed by atoms with Crippen molar-refractivity contribution < 1.29 is 0 Å². The van der Waals surface area contributed by atoms with E-state index in [9.17, 15) is 0 Å². The van der Waals surface area contributed by atoms with Crippen molar-refractivity contribution in [2.45, 2.75) is 52.1 Å². The zero-order chi connectivity index (χ0) is 13.1. The first kappa shape index (κ1) is 13.4. The topological polar surface area (TPSA) is 15.3 Å². The predicted molar refractivity (Wildman–Crippen MR) is 79.4 cm³/mol. The molecule has 100 valence electrons. The molecule has 1 atom stereocenters. The Bertz CT molecular complexity index is 398. The number of anilines is 1. The van der Waals surface area contributed by atoms with Gasteiger partial charge in [0.05, 0.1) is 0 Å². The summed E-state index contributed by atoms with van der Waals surface area (Å²) in [4.78, 5) is 2.62. The fourth-order valence-electron chi connectivity index (χ4n) is 3.18. The summed E-state index contributed by atoms with van der Waals surface area (Å²) in [5.41, 5.74) is 4.49. The van der Waals surface area contributed by atoms with Gasteiger partial charge < -0.3 is 10.2 Å². The maximum atomic E-state index is 3.25. The van der Waals surface area contributed by atoms with Crippen LogP contribution in [0.1, 0.15) is 37.8 Å². The van der Waals surface area contributed by atoms with Crippen molar-refractivity contribution in [3.63, 3.8) is 0 Å². The number of hydrogen-bond acceptors (Lipinski definition) is 2. The Balaban J connectivity index is 2.18. The van der Waals surface area contributed by atoms with Crippen LogP contribution in [0.4, 0.5) is 5.69 Å². The third kappa shape index (κ3) is 2.54.